The number of nitrogens with two attached hydrogens (primary N) is 1. The van der Waals surface area contributed by atoms with Crippen molar-refractivity contribution in [1.29, 1.82) is 0 Å². The molecule has 0 atom stereocenters. The molecule has 0 aliphatic carbocycles. The Balaban J connectivity index is 0.000000158. The Morgan fingerprint density at radius 3 is 1.30 bits per heavy atom. The maximum atomic E-state index is 13.6. The molecule has 4 aromatic carbocycles. The van der Waals surface area contributed by atoms with E-state index in [1.807, 2.05) is 128 Å². The van der Waals surface area contributed by atoms with Crippen LogP contribution in [0.25, 0.3) is 93.9 Å². The molecule has 1 fully saturated rings. The number of imidazole rings is 3. The molecule has 110 heavy (non-hydrogen) atoms. The number of hydrogen-bond acceptors (Lipinski definition) is 10. The molecular weight excluding hydrogens is 1640 g/mol. The Morgan fingerprint density at radius 1 is 0.527 bits per heavy atom. The van der Waals surface area contributed by atoms with Crippen LogP contribution in [-0.2, 0) is 28.9 Å². The van der Waals surface area contributed by atoms with E-state index >= 15 is 0 Å². The molecule has 15 rings (SSSR count). The summed E-state index contributed by atoms with van der Waals surface area (Å²) in [6, 6.07) is 29.4. The minimum absolute atomic E-state index is 0.0278. The predicted molar refractivity (Wildman–Crippen MR) is 427 cm³/mol. The summed E-state index contributed by atoms with van der Waals surface area (Å²) in [5, 5.41) is 20.5. The Morgan fingerprint density at radius 2 is 0.900 bits per heavy atom. The number of hydrogen-bond donors (Lipinski definition) is 2. The van der Waals surface area contributed by atoms with Crippen molar-refractivity contribution in [3.63, 3.8) is 0 Å². The standard InChI is InChI=1S/C19H15ClFN5O.C19H13ClFN5.C14H16BN3O2.C11H9BrClFN2.C9H5BrClFN2.C3H6F2.C2H6/c1-2-25-10-13(18(24-25)11-3-5-15(21)14(20)7-11)12-4-6-17-23-8-16(19(22)27)26(17)9-12;1-3-25-11-14(19(24-25)12-4-6-16(21)15(20)8-12)13-5-7-17-23-9-18(22-2)26(17)10-13;1-13(2)14(3,4)20-15(19-13)10-6-7-11-17-8-12(16-5)18(11)9-10;1-2-16-6-8(12)11(15-16)7-3-4-10(14)9(13)5-7;10-6-4-13-14-9(6)5-1-2-8(12)7(11)3-5;1-2-3(4)5;1-2/h3-10H,2H2,1H3,(H2,22,27);4-11H,3H2,1H3;6-9H,1-4H3;3-6H,2H2,1H3;1-4H,(H,13,14);3H,2H2,1H3;1-2H3. The number of benzene rings is 4. The quantitative estimate of drug-likeness (QED) is 0.0673. The van der Waals surface area contributed by atoms with E-state index in [1.165, 1.54) is 37.4 Å². The fourth-order valence-electron chi connectivity index (χ4n) is 10.5. The number of fused-ring (bicyclic) bond motifs is 3. The molecule has 3 N–H and O–H groups in total. The lowest BCUT2D eigenvalue weighted by Crippen LogP contribution is -2.41. The summed E-state index contributed by atoms with van der Waals surface area (Å²) in [5.41, 5.74) is 17.3. The number of nitrogens with zero attached hydrogens (tertiary/aromatic N) is 15. The van der Waals surface area contributed by atoms with Gasteiger partial charge in [0, 0.05) is 113 Å². The van der Waals surface area contributed by atoms with E-state index in [9.17, 15) is 31.1 Å². The van der Waals surface area contributed by atoms with Gasteiger partial charge in [0.15, 0.2) is 0 Å². The predicted octanol–water partition coefficient (Wildman–Crippen LogP) is 21.6. The van der Waals surface area contributed by atoms with E-state index in [0.29, 0.717) is 58.7 Å². The van der Waals surface area contributed by atoms with Crippen molar-refractivity contribution < 1.29 is 40.4 Å². The lowest BCUT2D eigenvalue weighted by molar-refractivity contribution is 0.00578. The van der Waals surface area contributed by atoms with Gasteiger partial charge < -0.3 is 24.7 Å². The van der Waals surface area contributed by atoms with Crippen LogP contribution in [0.1, 0.15) is 86.1 Å². The number of aromatic nitrogens is 14. The number of rotatable bonds is 12. The lowest BCUT2D eigenvalue weighted by Gasteiger charge is -2.32. The third-order valence-corrected chi connectivity index (χ3v) is 19.4. The van der Waals surface area contributed by atoms with Crippen LogP contribution in [0.2, 0.25) is 20.1 Å². The topological polar surface area (TPSA) is 204 Å². The number of pyridine rings is 3. The summed E-state index contributed by atoms with van der Waals surface area (Å²) >= 11 is 30.0. The molecule has 0 radical (unpaired) electrons. The fourth-order valence-corrected chi connectivity index (χ4v) is 12.2. The highest BCUT2D eigenvalue weighted by Crippen LogP contribution is 2.39. The van der Waals surface area contributed by atoms with E-state index in [-0.39, 0.29) is 37.7 Å². The lowest BCUT2D eigenvalue weighted by atomic mass is 9.80. The third kappa shape index (κ3) is 19.5. The summed E-state index contributed by atoms with van der Waals surface area (Å²) in [4.78, 5) is 31.1. The maximum Gasteiger partial charge on any atom is 0.498 e. The first-order valence-electron chi connectivity index (χ1n) is 34.0. The second-order valence-electron chi connectivity index (χ2n) is 24.6. The van der Waals surface area contributed by atoms with E-state index in [0.717, 1.165) is 76.9 Å². The van der Waals surface area contributed by atoms with Gasteiger partial charge in [-0.05, 0) is 171 Å². The van der Waals surface area contributed by atoms with Gasteiger partial charge in [-0.2, -0.15) is 20.4 Å². The molecule has 33 heteroatoms. The Labute approximate surface area is 666 Å². The molecule has 568 valence electrons. The molecule has 1 saturated heterocycles. The largest absolute Gasteiger partial charge is 0.498 e. The van der Waals surface area contributed by atoms with Crippen LogP contribution >= 0.6 is 78.3 Å². The van der Waals surface area contributed by atoms with E-state index < -0.39 is 42.7 Å². The number of primary amides is 1. The molecule has 20 nitrogen and oxygen atoms in total. The van der Waals surface area contributed by atoms with Gasteiger partial charge in [-0.25, -0.2) is 50.1 Å². The number of carbonyl (C=O) groups excluding carboxylic acids is 1. The van der Waals surface area contributed by atoms with Crippen LogP contribution in [0.5, 0.6) is 0 Å². The summed E-state index contributed by atoms with van der Waals surface area (Å²) in [6.45, 7) is 36.1. The van der Waals surface area contributed by atoms with Gasteiger partial charge in [-0.3, -0.25) is 28.3 Å². The number of amides is 1. The first-order chi connectivity index (χ1) is 52.5. The Bertz CT molecular complexity index is 5670. The van der Waals surface area contributed by atoms with Gasteiger partial charge in [-0.1, -0.05) is 86.4 Å². The highest BCUT2D eigenvalue weighted by atomic mass is 79.9. The molecule has 0 spiro atoms. The first kappa shape index (κ1) is 84.0. The first-order valence-corrected chi connectivity index (χ1v) is 37.1. The molecule has 0 saturated carbocycles. The zero-order valence-corrected chi connectivity index (χ0v) is 66.9. The number of halogens is 12. The minimum atomic E-state index is -2.12. The average molecular weight is 1710 g/mol. The highest BCUT2D eigenvalue weighted by molar-refractivity contribution is 9.11. The molecule has 0 bridgehead atoms. The van der Waals surface area contributed by atoms with E-state index in [1.54, 1.807) is 102 Å². The van der Waals surface area contributed by atoms with E-state index in [2.05, 4.69) is 82.0 Å². The van der Waals surface area contributed by atoms with Gasteiger partial charge in [0.25, 0.3) is 17.5 Å². The van der Waals surface area contributed by atoms with Crippen LogP contribution in [0.3, 0.4) is 0 Å². The highest BCUT2D eigenvalue weighted by Gasteiger charge is 2.52. The van der Waals surface area contributed by atoms with Crippen LogP contribution < -0.4 is 11.2 Å². The minimum Gasteiger partial charge on any atom is -0.399 e. The second kappa shape index (κ2) is 37.1. The van der Waals surface area contributed by atoms with Crippen molar-refractivity contribution in [3.05, 3.63) is 252 Å². The molecule has 1 amide bonds. The summed E-state index contributed by atoms with van der Waals surface area (Å²) in [5.74, 6) is -1.43. The molecule has 11 heterocycles. The number of aromatic amines is 1. The summed E-state index contributed by atoms with van der Waals surface area (Å²) < 4.78 is 98.8. The van der Waals surface area contributed by atoms with Crippen molar-refractivity contribution in [1.82, 2.24) is 67.7 Å². The molecule has 1 aliphatic heterocycles. The van der Waals surface area contributed by atoms with Crippen molar-refractivity contribution in [2.24, 2.45) is 5.73 Å². The normalized spacial score (nSPS) is 12.4. The van der Waals surface area contributed by atoms with Gasteiger partial charge >= 0.3 is 7.12 Å². The summed E-state index contributed by atoms with van der Waals surface area (Å²) in [6.07, 6.45) is 15.3. The van der Waals surface area contributed by atoms with Gasteiger partial charge in [0.05, 0.1) is 83.1 Å². The van der Waals surface area contributed by atoms with Gasteiger partial charge in [0.1, 0.15) is 51.7 Å². The SMILES string of the molecule is CC.CCC(F)F.CCn1cc(-c2ccc3ncc(C(N)=O)n3c2)c(-c2ccc(F)c(Cl)c2)n1.CCn1cc(Br)c(-c2ccc(F)c(Cl)c2)n1.Fc1ccc(-c2[nH]ncc2Br)cc1Cl.[C-]#[N+]c1cnc2ccc(-c3cn(CC)nc3-c3ccc(F)c(Cl)c3)cn12.[C-]#[N+]c1cnc2ccc(B3OC(C)(C)C(C)(C)O3)cn12. The smallest absolute Gasteiger partial charge is 0.399 e. The number of carbonyl (C=O) groups is 1. The van der Waals surface area contributed by atoms with Crippen molar-refractivity contribution >= 4 is 125 Å². The van der Waals surface area contributed by atoms with Crippen LogP contribution in [-0.4, -0.2) is 98.3 Å². The van der Waals surface area contributed by atoms with Gasteiger partial charge in [-0.15, -0.1) is 0 Å². The fraction of sp³-hybridized carbons (Fsp3) is 0.221. The Kier molecular flexibility index (Phi) is 28.3. The molecule has 10 aromatic heterocycles. The van der Waals surface area contributed by atoms with Gasteiger partial charge in [0.2, 0.25) is 17.7 Å². The molecule has 1 aliphatic rings. The molecular formula is C77H70BBr2Cl4F6N17O3. The maximum absolute atomic E-state index is 13.6. The average Bonchev–Trinajstić information content (AvgIpc) is 1.62. The zero-order chi connectivity index (χ0) is 80.1. The van der Waals surface area contributed by atoms with Crippen molar-refractivity contribution in [2.75, 3.05) is 0 Å². The van der Waals surface area contributed by atoms with E-state index in [4.69, 9.17) is 74.6 Å². The summed E-state index contributed by atoms with van der Waals surface area (Å²) in [7, 11) is -0.426. The third-order valence-electron chi connectivity index (χ3n) is 17.0. The monoisotopic (exact) mass is 1700 g/mol. The zero-order valence-electron chi connectivity index (χ0n) is 60.7. The number of H-pyrrole nitrogens is 1. The number of alkyl halides is 2. The van der Waals surface area contributed by atoms with Crippen molar-refractivity contribution in [2.45, 2.75) is 113 Å². The van der Waals surface area contributed by atoms with Crippen LogP contribution in [0.4, 0.5) is 38.0 Å². The second-order valence-corrected chi connectivity index (χ2v) is 28.0. The Hall–Kier alpha value is -10.1. The van der Waals surface area contributed by atoms with Crippen LogP contribution in [0.15, 0.2) is 180 Å². The molecule has 14 aromatic rings. The molecule has 0 unspecified atom stereocenters. The number of nitrogens with one attached hydrogen (secondary N) is 1. The van der Waals surface area contributed by atoms with Crippen LogP contribution in [0, 0.1) is 36.4 Å². The number of aryl methyl sites for hydroxylation is 3. The van der Waals surface area contributed by atoms with Crippen molar-refractivity contribution in [3.8, 4) is 67.3 Å².